The molecular formula is C19H25NO2. The number of hydrogen-bond donors (Lipinski definition) is 0. The molecule has 3 fully saturated rings. The van der Waals surface area contributed by atoms with Crippen molar-refractivity contribution >= 4 is 5.91 Å². The highest BCUT2D eigenvalue weighted by Gasteiger charge is 2.57. The Morgan fingerprint density at radius 1 is 1.18 bits per heavy atom. The maximum Gasteiger partial charge on any atom is 0.228 e. The summed E-state index contributed by atoms with van der Waals surface area (Å²) in [6.07, 6.45) is 5.72. The summed E-state index contributed by atoms with van der Waals surface area (Å²) in [6.45, 7) is 4.26. The standard InChI is InChI=1S/C19H25NO2/c1-13-17(14-8-4-3-5-9-14)22-19(2)12-15-10-6-7-11-16(15)18(21)20(13)19/h3-5,8-9,13,15-17H,6-7,10-12H2,1-2H3/t13-,15-,16-,17-,19+/m1/s1. The van der Waals surface area contributed by atoms with E-state index in [0.717, 1.165) is 12.8 Å². The Bertz CT molecular complexity index is 572. The van der Waals surface area contributed by atoms with Crippen LogP contribution in [0.3, 0.4) is 0 Å². The zero-order valence-corrected chi connectivity index (χ0v) is 13.5. The van der Waals surface area contributed by atoms with Gasteiger partial charge in [-0.25, -0.2) is 0 Å². The van der Waals surface area contributed by atoms with Crippen molar-refractivity contribution in [2.24, 2.45) is 11.8 Å². The van der Waals surface area contributed by atoms with Gasteiger partial charge in [-0.2, -0.15) is 0 Å². The molecule has 0 spiro atoms. The highest BCUT2D eigenvalue weighted by Crippen LogP contribution is 2.51. The van der Waals surface area contributed by atoms with E-state index in [1.165, 1.54) is 24.8 Å². The number of carbonyl (C=O) groups is 1. The van der Waals surface area contributed by atoms with Crippen LogP contribution in [0.1, 0.15) is 57.6 Å². The van der Waals surface area contributed by atoms with Crippen LogP contribution in [0.4, 0.5) is 0 Å². The summed E-state index contributed by atoms with van der Waals surface area (Å²) in [6, 6.07) is 10.5. The van der Waals surface area contributed by atoms with E-state index in [2.05, 4.69) is 30.9 Å². The molecule has 3 nitrogen and oxygen atoms in total. The fraction of sp³-hybridized carbons (Fsp3) is 0.632. The third-order valence-corrected chi connectivity index (χ3v) is 5.97. The lowest BCUT2D eigenvalue weighted by Crippen LogP contribution is -2.58. The normalized spacial score (nSPS) is 41.2. The fourth-order valence-electron chi connectivity index (χ4n) is 5.01. The number of carbonyl (C=O) groups excluding carboxylic acids is 1. The minimum Gasteiger partial charge on any atom is -0.346 e. The zero-order chi connectivity index (χ0) is 15.3. The molecule has 3 aliphatic rings. The minimum absolute atomic E-state index is 0.00435. The molecule has 1 aliphatic carbocycles. The summed E-state index contributed by atoms with van der Waals surface area (Å²) in [4.78, 5) is 15.1. The Labute approximate surface area is 132 Å². The first-order chi connectivity index (χ1) is 10.6. The average Bonchev–Trinajstić information content (AvgIpc) is 2.80. The fourth-order valence-corrected chi connectivity index (χ4v) is 5.01. The van der Waals surface area contributed by atoms with Gasteiger partial charge in [0.25, 0.3) is 0 Å². The molecule has 0 radical (unpaired) electrons. The van der Waals surface area contributed by atoms with Gasteiger partial charge in [0, 0.05) is 5.92 Å². The lowest BCUT2D eigenvalue weighted by atomic mass is 9.71. The Kier molecular flexibility index (Phi) is 3.30. The molecule has 0 bridgehead atoms. The van der Waals surface area contributed by atoms with Crippen LogP contribution in [0.15, 0.2) is 30.3 Å². The molecule has 2 aliphatic heterocycles. The quantitative estimate of drug-likeness (QED) is 0.787. The Morgan fingerprint density at radius 2 is 1.91 bits per heavy atom. The first kappa shape index (κ1) is 14.3. The highest BCUT2D eigenvalue weighted by atomic mass is 16.5. The molecule has 22 heavy (non-hydrogen) atoms. The molecule has 4 rings (SSSR count). The van der Waals surface area contributed by atoms with Crippen molar-refractivity contribution in [3.63, 3.8) is 0 Å². The molecule has 1 aromatic carbocycles. The van der Waals surface area contributed by atoms with Crippen LogP contribution in [0.2, 0.25) is 0 Å². The van der Waals surface area contributed by atoms with E-state index in [4.69, 9.17) is 4.74 Å². The van der Waals surface area contributed by atoms with Gasteiger partial charge < -0.3 is 9.64 Å². The molecule has 118 valence electrons. The second kappa shape index (κ2) is 5.09. The van der Waals surface area contributed by atoms with Crippen LogP contribution < -0.4 is 0 Å². The van der Waals surface area contributed by atoms with E-state index in [1.54, 1.807) is 0 Å². The largest absolute Gasteiger partial charge is 0.346 e. The van der Waals surface area contributed by atoms with Crippen LogP contribution in [-0.4, -0.2) is 22.6 Å². The molecule has 5 atom stereocenters. The number of piperidine rings is 1. The van der Waals surface area contributed by atoms with Crippen LogP contribution in [0, 0.1) is 11.8 Å². The van der Waals surface area contributed by atoms with Gasteiger partial charge >= 0.3 is 0 Å². The van der Waals surface area contributed by atoms with Gasteiger partial charge in [-0.1, -0.05) is 43.2 Å². The zero-order valence-electron chi connectivity index (χ0n) is 13.5. The van der Waals surface area contributed by atoms with Gasteiger partial charge in [-0.3, -0.25) is 4.79 Å². The predicted octanol–water partition coefficient (Wildman–Crippen LogP) is 3.90. The van der Waals surface area contributed by atoms with Gasteiger partial charge in [-0.15, -0.1) is 0 Å². The molecule has 2 saturated heterocycles. The third-order valence-electron chi connectivity index (χ3n) is 5.97. The summed E-state index contributed by atoms with van der Waals surface area (Å²) in [7, 11) is 0. The van der Waals surface area contributed by atoms with E-state index in [9.17, 15) is 4.79 Å². The van der Waals surface area contributed by atoms with Crippen molar-refractivity contribution in [2.75, 3.05) is 0 Å². The molecule has 1 saturated carbocycles. The van der Waals surface area contributed by atoms with Crippen molar-refractivity contribution in [1.29, 1.82) is 0 Å². The van der Waals surface area contributed by atoms with E-state index in [-0.39, 0.29) is 18.1 Å². The third kappa shape index (κ3) is 2.02. The number of amides is 1. The van der Waals surface area contributed by atoms with Crippen LogP contribution >= 0.6 is 0 Å². The number of nitrogens with zero attached hydrogens (tertiary/aromatic N) is 1. The van der Waals surface area contributed by atoms with Crippen molar-refractivity contribution in [3.8, 4) is 0 Å². The van der Waals surface area contributed by atoms with Crippen molar-refractivity contribution in [1.82, 2.24) is 4.90 Å². The number of benzene rings is 1. The van der Waals surface area contributed by atoms with Gasteiger partial charge in [0.1, 0.15) is 11.8 Å². The van der Waals surface area contributed by atoms with Gasteiger partial charge in [-0.05, 0) is 44.6 Å². The van der Waals surface area contributed by atoms with Crippen molar-refractivity contribution < 1.29 is 9.53 Å². The smallest absolute Gasteiger partial charge is 0.228 e. The highest BCUT2D eigenvalue weighted by molar-refractivity contribution is 5.81. The molecule has 0 aromatic heterocycles. The van der Waals surface area contributed by atoms with E-state index in [1.807, 2.05) is 18.2 Å². The number of rotatable bonds is 1. The summed E-state index contributed by atoms with van der Waals surface area (Å²) in [5, 5.41) is 0. The Balaban J connectivity index is 1.67. The average molecular weight is 299 g/mol. The Hall–Kier alpha value is -1.35. The molecule has 1 aromatic rings. The van der Waals surface area contributed by atoms with E-state index in [0.29, 0.717) is 11.8 Å². The van der Waals surface area contributed by atoms with Gasteiger partial charge in [0.15, 0.2) is 0 Å². The summed E-state index contributed by atoms with van der Waals surface area (Å²) in [5.74, 6) is 1.09. The monoisotopic (exact) mass is 299 g/mol. The Morgan fingerprint density at radius 3 is 2.68 bits per heavy atom. The molecule has 0 N–H and O–H groups in total. The van der Waals surface area contributed by atoms with Crippen LogP contribution in [0.5, 0.6) is 0 Å². The van der Waals surface area contributed by atoms with Crippen molar-refractivity contribution in [3.05, 3.63) is 35.9 Å². The molecule has 1 amide bonds. The summed E-state index contributed by atoms with van der Waals surface area (Å²) >= 11 is 0. The summed E-state index contributed by atoms with van der Waals surface area (Å²) < 4.78 is 6.48. The van der Waals surface area contributed by atoms with E-state index >= 15 is 0 Å². The van der Waals surface area contributed by atoms with Gasteiger partial charge in [0.2, 0.25) is 5.91 Å². The first-order valence-electron chi connectivity index (χ1n) is 8.66. The summed E-state index contributed by atoms with van der Waals surface area (Å²) in [5.41, 5.74) is 0.761. The maximum atomic E-state index is 13.1. The van der Waals surface area contributed by atoms with Crippen molar-refractivity contribution in [2.45, 2.75) is 63.8 Å². The maximum absolute atomic E-state index is 13.1. The topological polar surface area (TPSA) is 29.5 Å². The van der Waals surface area contributed by atoms with E-state index < -0.39 is 5.72 Å². The predicted molar refractivity (Wildman–Crippen MR) is 85.0 cm³/mol. The molecule has 3 heteroatoms. The lowest BCUT2D eigenvalue weighted by Gasteiger charge is -2.48. The number of ether oxygens (including phenoxy) is 1. The lowest BCUT2D eigenvalue weighted by molar-refractivity contribution is -0.176. The SMILES string of the molecule is C[C@@H]1[C@H](c2ccccc2)O[C@@]2(C)C[C@H]3CCCC[C@H]3C(=O)N12. The first-order valence-corrected chi connectivity index (χ1v) is 8.66. The van der Waals surface area contributed by atoms with Crippen LogP contribution in [-0.2, 0) is 9.53 Å². The number of hydrogen-bond acceptors (Lipinski definition) is 2. The van der Waals surface area contributed by atoms with Crippen LogP contribution in [0.25, 0.3) is 0 Å². The second-order valence-electron chi connectivity index (χ2n) is 7.43. The minimum atomic E-state index is -0.421. The molecular weight excluding hydrogens is 274 g/mol. The molecule has 0 unspecified atom stereocenters. The van der Waals surface area contributed by atoms with Gasteiger partial charge in [0.05, 0.1) is 6.04 Å². The molecule has 2 heterocycles. The number of fused-ring (bicyclic) bond motifs is 2. The second-order valence-corrected chi connectivity index (χ2v) is 7.43.